The van der Waals surface area contributed by atoms with Crippen LogP contribution in [0.4, 0.5) is 0 Å². The number of hydrogen-bond donors (Lipinski definition) is 0. The fourth-order valence-corrected chi connectivity index (χ4v) is 8.37. The molecule has 0 aliphatic carbocycles. The number of fused-ring (bicyclic) bond motifs is 4. The summed E-state index contributed by atoms with van der Waals surface area (Å²) < 4.78 is 0. The van der Waals surface area contributed by atoms with Crippen molar-refractivity contribution in [3.63, 3.8) is 0 Å². The maximum atomic E-state index is 2.46. The van der Waals surface area contributed by atoms with Gasteiger partial charge in [0.15, 0.2) is 0 Å². The molecule has 0 atom stereocenters. The molecule has 0 radical (unpaired) electrons. The maximum Gasteiger partial charge on any atom is -0.00199 e. The molecule has 0 unspecified atom stereocenters. The highest BCUT2D eigenvalue weighted by atomic mass is 14.2. The van der Waals surface area contributed by atoms with Gasteiger partial charge in [-0.25, -0.2) is 0 Å². The van der Waals surface area contributed by atoms with E-state index in [1.54, 1.807) is 0 Å². The Morgan fingerprint density at radius 3 is 1.40 bits per heavy atom. The summed E-state index contributed by atoms with van der Waals surface area (Å²) in [5, 5.41) is 10.1. The lowest BCUT2D eigenvalue weighted by molar-refractivity contribution is 1.61. The van der Waals surface area contributed by atoms with Crippen LogP contribution in [0, 0.1) is 0 Å². The Bertz CT molecular complexity index is 2870. The van der Waals surface area contributed by atoms with E-state index in [4.69, 9.17) is 0 Å². The van der Waals surface area contributed by atoms with Crippen LogP contribution in [-0.4, -0.2) is 0 Å². The van der Waals surface area contributed by atoms with Gasteiger partial charge in [0.1, 0.15) is 0 Å². The highest BCUT2D eigenvalue weighted by Gasteiger charge is 2.20. The van der Waals surface area contributed by atoms with Crippen molar-refractivity contribution < 1.29 is 0 Å². The van der Waals surface area contributed by atoms with Gasteiger partial charge in [0.25, 0.3) is 0 Å². The van der Waals surface area contributed by atoms with Crippen LogP contribution in [0.2, 0.25) is 0 Å². The lowest BCUT2D eigenvalue weighted by Gasteiger charge is -2.20. The summed E-state index contributed by atoms with van der Waals surface area (Å²) in [7, 11) is 0. The van der Waals surface area contributed by atoms with E-state index >= 15 is 0 Å². The van der Waals surface area contributed by atoms with Gasteiger partial charge in [-0.3, -0.25) is 0 Å². The van der Waals surface area contributed by atoms with Crippen molar-refractivity contribution >= 4 is 43.1 Å². The fraction of sp³-hybridized carbons (Fsp3) is 0. The molecule has 0 saturated heterocycles. The molecule has 0 bridgehead atoms. The molecule has 52 heavy (non-hydrogen) atoms. The molecule has 0 N–H and O–H groups in total. The van der Waals surface area contributed by atoms with Crippen LogP contribution in [-0.2, 0) is 0 Å². The van der Waals surface area contributed by atoms with Gasteiger partial charge in [-0.15, -0.1) is 0 Å². The summed E-state index contributed by atoms with van der Waals surface area (Å²) in [6, 6.07) is 75.5. The Balaban J connectivity index is 1.33. The topological polar surface area (TPSA) is 0 Å². The van der Waals surface area contributed by atoms with Gasteiger partial charge >= 0.3 is 0 Å². The number of hydrogen-bond acceptors (Lipinski definition) is 0. The molecule has 0 heteroatoms. The molecular formula is C52H34. The van der Waals surface area contributed by atoms with Crippen molar-refractivity contribution in [3.05, 3.63) is 206 Å². The summed E-state index contributed by atoms with van der Waals surface area (Å²) in [5.41, 5.74) is 12.4. The van der Waals surface area contributed by atoms with Gasteiger partial charge in [0.05, 0.1) is 0 Å². The summed E-state index contributed by atoms with van der Waals surface area (Å²) in [5.74, 6) is 0. The highest BCUT2D eigenvalue weighted by molar-refractivity contribution is 6.24. The van der Waals surface area contributed by atoms with Crippen molar-refractivity contribution in [3.8, 4) is 55.6 Å². The lowest BCUT2D eigenvalue weighted by atomic mass is 9.83. The summed E-state index contributed by atoms with van der Waals surface area (Å²) in [6.45, 7) is 0. The molecule has 0 aromatic heterocycles. The third-order valence-electron chi connectivity index (χ3n) is 10.7. The normalized spacial score (nSPS) is 11.5. The molecule has 0 amide bonds. The van der Waals surface area contributed by atoms with E-state index in [0.717, 1.165) is 0 Å². The second-order valence-electron chi connectivity index (χ2n) is 13.6. The minimum atomic E-state index is 1.21. The van der Waals surface area contributed by atoms with Crippen LogP contribution >= 0.6 is 0 Å². The van der Waals surface area contributed by atoms with Crippen molar-refractivity contribution in [1.29, 1.82) is 0 Å². The predicted molar refractivity (Wildman–Crippen MR) is 224 cm³/mol. The molecule has 10 aromatic carbocycles. The minimum Gasteiger partial charge on any atom is -0.0622 e. The molecular weight excluding hydrogens is 625 g/mol. The maximum absolute atomic E-state index is 2.46. The van der Waals surface area contributed by atoms with E-state index in [0.29, 0.717) is 0 Å². The van der Waals surface area contributed by atoms with Crippen LogP contribution in [0.3, 0.4) is 0 Å². The quantitative estimate of drug-likeness (QED) is 0.161. The van der Waals surface area contributed by atoms with Crippen LogP contribution in [0.1, 0.15) is 0 Å². The summed E-state index contributed by atoms with van der Waals surface area (Å²) in [4.78, 5) is 0. The van der Waals surface area contributed by atoms with E-state index in [-0.39, 0.29) is 0 Å². The second-order valence-corrected chi connectivity index (χ2v) is 13.6. The molecule has 10 rings (SSSR count). The van der Waals surface area contributed by atoms with Gasteiger partial charge in [-0.2, -0.15) is 0 Å². The van der Waals surface area contributed by atoms with Crippen LogP contribution in [0.15, 0.2) is 206 Å². The Kier molecular flexibility index (Phi) is 7.25. The third kappa shape index (κ3) is 4.92. The van der Waals surface area contributed by atoms with E-state index in [9.17, 15) is 0 Å². The van der Waals surface area contributed by atoms with E-state index in [1.165, 1.54) is 98.7 Å². The largest absolute Gasteiger partial charge is 0.0622 e. The van der Waals surface area contributed by atoms with E-state index in [2.05, 4.69) is 206 Å². The summed E-state index contributed by atoms with van der Waals surface area (Å²) >= 11 is 0. The standard InChI is InChI=1S/C52H34/c1-4-16-36(17-5-1)42-27-15-29-45-41(32-33-43(51(42)45)37-18-6-2-7-19-37)39-30-31-48-49(34-39)52(44-28-14-23-35-20-10-11-24-40(35)44)47-26-13-12-25-46(47)50(48)38-21-8-3-9-22-38/h1-34H. The first-order chi connectivity index (χ1) is 25.8. The number of benzene rings is 10. The first-order valence-electron chi connectivity index (χ1n) is 18.0. The van der Waals surface area contributed by atoms with E-state index in [1.807, 2.05) is 0 Å². The Morgan fingerprint density at radius 2 is 0.692 bits per heavy atom. The first-order valence-corrected chi connectivity index (χ1v) is 18.0. The average Bonchev–Trinajstić information content (AvgIpc) is 3.23. The van der Waals surface area contributed by atoms with Gasteiger partial charge in [-0.1, -0.05) is 200 Å². The van der Waals surface area contributed by atoms with Crippen molar-refractivity contribution in [2.45, 2.75) is 0 Å². The lowest BCUT2D eigenvalue weighted by Crippen LogP contribution is -1.93. The molecule has 0 heterocycles. The SMILES string of the molecule is c1ccc(-c2c3ccccc3c(-c3cccc4ccccc34)c3cc(-c4ccc(-c5ccccc5)c5c(-c6ccccc6)cccc45)ccc23)cc1. The molecule has 0 nitrogen and oxygen atoms in total. The molecule has 0 spiro atoms. The van der Waals surface area contributed by atoms with Gasteiger partial charge in [0.2, 0.25) is 0 Å². The number of rotatable bonds is 5. The Labute approximate surface area is 303 Å². The smallest absolute Gasteiger partial charge is 0.00199 e. The molecule has 10 aromatic rings. The van der Waals surface area contributed by atoms with Crippen LogP contribution < -0.4 is 0 Å². The average molecular weight is 659 g/mol. The molecule has 0 aliphatic heterocycles. The second kappa shape index (κ2) is 12.5. The Hall–Kier alpha value is -6.76. The van der Waals surface area contributed by atoms with Crippen molar-refractivity contribution in [1.82, 2.24) is 0 Å². The molecule has 0 saturated carbocycles. The Morgan fingerprint density at radius 1 is 0.212 bits per heavy atom. The zero-order chi connectivity index (χ0) is 34.4. The van der Waals surface area contributed by atoms with Crippen molar-refractivity contribution in [2.24, 2.45) is 0 Å². The van der Waals surface area contributed by atoms with Gasteiger partial charge in [-0.05, 0) is 105 Å². The predicted octanol–water partition coefficient (Wildman–Crippen LogP) is 14.6. The van der Waals surface area contributed by atoms with Gasteiger partial charge < -0.3 is 0 Å². The van der Waals surface area contributed by atoms with E-state index < -0.39 is 0 Å². The monoisotopic (exact) mass is 658 g/mol. The molecule has 242 valence electrons. The van der Waals surface area contributed by atoms with Crippen LogP contribution in [0.5, 0.6) is 0 Å². The van der Waals surface area contributed by atoms with Crippen LogP contribution in [0.25, 0.3) is 98.7 Å². The highest BCUT2D eigenvalue weighted by Crippen LogP contribution is 2.47. The zero-order valence-corrected chi connectivity index (χ0v) is 28.6. The molecule has 0 aliphatic rings. The zero-order valence-electron chi connectivity index (χ0n) is 28.6. The first kappa shape index (κ1) is 30.1. The van der Waals surface area contributed by atoms with Crippen molar-refractivity contribution in [2.75, 3.05) is 0 Å². The molecule has 0 fully saturated rings. The van der Waals surface area contributed by atoms with Gasteiger partial charge in [0, 0.05) is 0 Å². The third-order valence-corrected chi connectivity index (χ3v) is 10.7. The summed E-state index contributed by atoms with van der Waals surface area (Å²) in [6.07, 6.45) is 0. The minimum absolute atomic E-state index is 1.21. The fourth-order valence-electron chi connectivity index (χ4n) is 8.37.